The number of aromatic nitrogens is 1. The van der Waals surface area contributed by atoms with Crippen LogP contribution in [0.2, 0.25) is 0 Å². The van der Waals surface area contributed by atoms with Crippen molar-refractivity contribution < 1.29 is 18.7 Å². The number of imide groups is 1. The Morgan fingerprint density at radius 1 is 1.00 bits per heavy atom. The Morgan fingerprint density at radius 3 is 2.52 bits per heavy atom. The summed E-state index contributed by atoms with van der Waals surface area (Å²) in [5.74, 6) is -0.730. The molecule has 0 aliphatic carbocycles. The summed E-state index contributed by atoms with van der Waals surface area (Å²) in [7, 11) is 0. The van der Waals surface area contributed by atoms with E-state index in [1.807, 2.05) is 6.92 Å². The Morgan fingerprint density at radius 2 is 1.81 bits per heavy atom. The largest absolute Gasteiger partial charge is 0.494 e. The van der Waals surface area contributed by atoms with E-state index in [1.165, 1.54) is 24.3 Å². The van der Waals surface area contributed by atoms with Crippen molar-refractivity contribution in [3.05, 3.63) is 95.7 Å². The first-order valence-electron chi connectivity index (χ1n) is 9.83. The van der Waals surface area contributed by atoms with Crippen LogP contribution in [0.25, 0.3) is 5.57 Å². The monoisotopic (exact) mass is 417 g/mol. The number of halogens is 1. The smallest absolute Gasteiger partial charge is 0.278 e. The average Bonchev–Trinajstić information content (AvgIpc) is 3.00. The molecule has 1 aliphatic rings. The Hall–Kier alpha value is -4.00. The molecule has 1 aliphatic heterocycles. The summed E-state index contributed by atoms with van der Waals surface area (Å²) < 4.78 is 19.0. The quantitative estimate of drug-likeness (QED) is 0.588. The van der Waals surface area contributed by atoms with E-state index in [0.29, 0.717) is 29.3 Å². The van der Waals surface area contributed by atoms with Crippen molar-refractivity contribution in [3.63, 3.8) is 0 Å². The van der Waals surface area contributed by atoms with Crippen LogP contribution in [0, 0.1) is 5.82 Å². The van der Waals surface area contributed by atoms with Crippen LogP contribution in [0.1, 0.15) is 18.2 Å². The molecule has 7 heteroatoms. The molecule has 0 spiro atoms. The van der Waals surface area contributed by atoms with Gasteiger partial charge >= 0.3 is 0 Å². The number of nitrogens with zero attached hydrogens (tertiary/aromatic N) is 2. The van der Waals surface area contributed by atoms with Gasteiger partial charge in [0.05, 0.1) is 24.4 Å². The summed E-state index contributed by atoms with van der Waals surface area (Å²) >= 11 is 0. The van der Waals surface area contributed by atoms with Gasteiger partial charge in [-0.2, -0.15) is 0 Å². The molecule has 2 amide bonds. The molecule has 0 saturated carbocycles. The standard InChI is InChI=1S/C24H20FN3O3/c1-2-31-20-8-5-7-18(14-20)27-22-21(16-9-11-17(25)12-10-16)23(29)28(24(22)30)15-19-6-3-4-13-26-19/h3-14,27H,2,15H2,1H3. The van der Waals surface area contributed by atoms with E-state index in [0.717, 1.165) is 4.90 Å². The van der Waals surface area contributed by atoms with Crippen LogP contribution in [-0.4, -0.2) is 28.3 Å². The van der Waals surface area contributed by atoms with E-state index >= 15 is 0 Å². The predicted octanol–water partition coefficient (Wildman–Crippen LogP) is 4.01. The van der Waals surface area contributed by atoms with Gasteiger partial charge in [0.2, 0.25) is 0 Å². The topological polar surface area (TPSA) is 71.5 Å². The number of hydrogen-bond donors (Lipinski definition) is 1. The first-order chi connectivity index (χ1) is 15.1. The Kier molecular flexibility index (Phi) is 5.75. The third-order valence-electron chi connectivity index (χ3n) is 4.76. The SMILES string of the molecule is CCOc1cccc(NC2=C(c3ccc(F)cc3)C(=O)N(Cc3ccccn3)C2=O)c1. The maximum absolute atomic E-state index is 13.5. The van der Waals surface area contributed by atoms with Gasteiger partial charge in [0.25, 0.3) is 11.8 Å². The number of benzene rings is 2. The molecule has 0 fully saturated rings. The highest BCUT2D eigenvalue weighted by molar-refractivity contribution is 6.36. The third kappa shape index (κ3) is 4.30. The molecule has 0 atom stereocenters. The normalized spacial score (nSPS) is 13.7. The van der Waals surface area contributed by atoms with E-state index in [2.05, 4.69) is 10.3 Å². The average molecular weight is 417 g/mol. The minimum atomic E-state index is -0.475. The molecule has 3 aromatic rings. The highest BCUT2D eigenvalue weighted by Gasteiger charge is 2.39. The van der Waals surface area contributed by atoms with E-state index in [4.69, 9.17) is 4.74 Å². The van der Waals surface area contributed by atoms with Gasteiger partial charge in [0.1, 0.15) is 17.3 Å². The fraction of sp³-hybridized carbons (Fsp3) is 0.125. The molecule has 2 aromatic carbocycles. The fourth-order valence-corrected chi connectivity index (χ4v) is 3.35. The minimum Gasteiger partial charge on any atom is -0.494 e. The molecule has 1 aromatic heterocycles. The van der Waals surface area contributed by atoms with Crippen LogP contribution in [-0.2, 0) is 16.1 Å². The molecular formula is C24H20FN3O3. The van der Waals surface area contributed by atoms with Crippen molar-refractivity contribution in [3.8, 4) is 5.75 Å². The summed E-state index contributed by atoms with van der Waals surface area (Å²) in [6.07, 6.45) is 1.60. The van der Waals surface area contributed by atoms with Gasteiger partial charge in [-0.05, 0) is 48.9 Å². The van der Waals surface area contributed by atoms with Gasteiger partial charge in [-0.3, -0.25) is 19.5 Å². The molecule has 31 heavy (non-hydrogen) atoms. The zero-order valence-electron chi connectivity index (χ0n) is 16.8. The number of pyridine rings is 1. The van der Waals surface area contributed by atoms with E-state index in [-0.39, 0.29) is 17.8 Å². The Bertz CT molecular complexity index is 1140. The van der Waals surface area contributed by atoms with Crippen LogP contribution in [0.15, 0.2) is 78.6 Å². The lowest BCUT2D eigenvalue weighted by Crippen LogP contribution is -2.32. The second kappa shape index (κ2) is 8.79. The van der Waals surface area contributed by atoms with Crippen LogP contribution in [0.4, 0.5) is 10.1 Å². The molecule has 0 unspecified atom stereocenters. The van der Waals surface area contributed by atoms with Gasteiger partial charge in [-0.15, -0.1) is 0 Å². The second-order valence-electron chi connectivity index (χ2n) is 6.86. The van der Waals surface area contributed by atoms with Crippen molar-refractivity contribution >= 4 is 23.1 Å². The number of carbonyl (C=O) groups excluding carboxylic acids is 2. The highest BCUT2D eigenvalue weighted by Crippen LogP contribution is 2.32. The number of carbonyl (C=O) groups is 2. The first-order valence-corrected chi connectivity index (χ1v) is 9.83. The molecular weight excluding hydrogens is 397 g/mol. The zero-order valence-corrected chi connectivity index (χ0v) is 16.8. The number of hydrogen-bond acceptors (Lipinski definition) is 5. The number of ether oxygens (including phenoxy) is 1. The summed E-state index contributed by atoms with van der Waals surface area (Å²) in [5, 5.41) is 3.07. The minimum absolute atomic E-state index is 0.0351. The number of rotatable bonds is 7. The molecule has 156 valence electrons. The van der Waals surface area contributed by atoms with E-state index in [9.17, 15) is 14.0 Å². The first kappa shape index (κ1) is 20.3. The molecule has 1 N–H and O–H groups in total. The van der Waals surface area contributed by atoms with Gasteiger partial charge in [0, 0.05) is 18.0 Å². The van der Waals surface area contributed by atoms with Gasteiger partial charge in [0.15, 0.2) is 0 Å². The molecule has 4 rings (SSSR count). The summed E-state index contributed by atoms with van der Waals surface area (Å²) in [6, 6.07) is 17.9. The lowest BCUT2D eigenvalue weighted by atomic mass is 10.0. The lowest BCUT2D eigenvalue weighted by molar-refractivity contribution is -0.137. The van der Waals surface area contributed by atoms with Crippen LogP contribution in [0.3, 0.4) is 0 Å². The molecule has 0 bridgehead atoms. The van der Waals surface area contributed by atoms with Crippen molar-refractivity contribution in [2.24, 2.45) is 0 Å². The van der Waals surface area contributed by atoms with Crippen LogP contribution >= 0.6 is 0 Å². The van der Waals surface area contributed by atoms with Crippen molar-refractivity contribution in [2.45, 2.75) is 13.5 Å². The predicted molar refractivity (Wildman–Crippen MR) is 114 cm³/mol. The number of nitrogens with one attached hydrogen (secondary N) is 1. The third-order valence-corrected chi connectivity index (χ3v) is 4.76. The Balaban J connectivity index is 1.72. The molecule has 0 saturated heterocycles. The van der Waals surface area contributed by atoms with E-state index in [1.54, 1.807) is 48.7 Å². The highest BCUT2D eigenvalue weighted by atomic mass is 19.1. The van der Waals surface area contributed by atoms with E-state index < -0.39 is 17.6 Å². The molecule has 6 nitrogen and oxygen atoms in total. The van der Waals surface area contributed by atoms with Crippen molar-refractivity contribution in [1.29, 1.82) is 0 Å². The molecule has 0 radical (unpaired) electrons. The maximum Gasteiger partial charge on any atom is 0.278 e. The Labute approximate surface area is 179 Å². The zero-order chi connectivity index (χ0) is 21.8. The number of amides is 2. The maximum atomic E-state index is 13.5. The van der Waals surface area contributed by atoms with Gasteiger partial charge in [-0.25, -0.2) is 4.39 Å². The fourth-order valence-electron chi connectivity index (χ4n) is 3.35. The lowest BCUT2D eigenvalue weighted by Gasteiger charge is -2.15. The van der Waals surface area contributed by atoms with Crippen molar-refractivity contribution in [2.75, 3.05) is 11.9 Å². The van der Waals surface area contributed by atoms with Crippen molar-refractivity contribution in [1.82, 2.24) is 9.88 Å². The second-order valence-corrected chi connectivity index (χ2v) is 6.86. The summed E-state index contributed by atoms with van der Waals surface area (Å²) in [4.78, 5) is 31.8. The van der Waals surface area contributed by atoms with Gasteiger partial charge < -0.3 is 10.1 Å². The van der Waals surface area contributed by atoms with Gasteiger partial charge in [-0.1, -0.05) is 24.3 Å². The van der Waals surface area contributed by atoms with Crippen LogP contribution < -0.4 is 10.1 Å². The van der Waals surface area contributed by atoms with Crippen LogP contribution in [0.5, 0.6) is 5.75 Å². The number of anilines is 1. The summed E-state index contributed by atoms with van der Waals surface area (Å²) in [6.45, 7) is 2.42. The molecule has 2 heterocycles. The summed E-state index contributed by atoms with van der Waals surface area (Å²) in [5.41, 5.74) is 1.94.